The fourth-order valence-electron chi connectivity index (χ4n) is 4.86. The van der Waals surface area contributed by atoms with E-state index in [9.17, 15) is 24.5 Å². The van der Waals surface area contributed by atoms with Crippen LogP contribution in [0, 0.1) is 17.0 Å². The van der Waals surface area contributed by atoms with Crippen molar-refractivity contribution in [1.82, 2.24) is 4.90 Å². The predicted octanol–water partition coefficient (Wildman–Crippen LogP) is 4.04. The van der Waals surface area contributed by atoms with Gasteiger partial charge in [-0.1, -0.05) is 29.8 Å². The van der Waals surface area contributed by atoms with Crippen LogP contribution >= 0.6 is 11.6 Å². The van der Waals surface area contributed by atoms with Gasteiger partial charge in [0.15, 0.2) is 11.5 Å². The molecular weight excluding hydrogens is 490 g/mol. The van der Waals surface area contributed by atoms with Crippen molar-refractivity contribution in [3.05, 3.63) is 92.0 Å². The molecule has 0 radical (unpaired) electrons. The molecule has 0 aromatic heterocycles. The molecule has 0 aliphatic carbocycles. The number of hydrogen-bond acceptors (Lipinski definition) is 7. The molecule has 3 aliphatic rings. The number of hydrogen-bond donors (Lipinski definition) is 0. The van der Waals surface area contributed by atoms with Gasteiger partial charge in [0.2, 0.25) is 6.79 Å². The second kappa shape index (κ2) is 7.79. The van der Waals surface area contributed by atoms with Gasteiger partial charge in [-0.3, -0.25) is 29.4 Å². The van der Waals surface area contributed by atoms with Gasteiger partial charge in [-0.15, -0.1) is 0 Å². The van der Waals surface area contributed by atoms with Gasteiger partial charge >= 0.3 is 0 Å². The number of anilines is 1. The van der Waals surface area contributed by atoms with Crippen LogP contribution in [-0.2, 0) is 4.79 Å². The van der Waals surface area contributed by atoms with Gasteiger partial charge < -0.3 is 14.4 Å². The van der Waals surface area contributed by atoms with Crippen LogP contribution in [0.3, 0.4) is 0 Å². The smallest absolute Gasteiger partial charge is 0.282 e. The minimum atomic E-state index is -1.22. The van der Waals surface area contributed by atoms with E-state index in [4.69, 9.17) is 21.1 Å². The lowest BCUT2D eigenvalue weighted by Gasteiger charge is -2.49. The molecule has 3 aromatic carbocycles. The molecule has 3 heterocycles. The third-order valence-corrected chi connectivity index (χ3v) is 7.05. The number of aryl methyl sites for hydroxylation is 1. The number of nitro benzene ring substituents is 1. The van der Waals surface area contributed by atoms with E-state index in [2.05, 4.69) is 0 Å². The first-order chi connectivity index (χ1) is 17.3. The van der Waals surface area contributed by atoms with Crippen molar-refractivity contribution in [2.45, 2.75) is 19.0 Å². The Labute approximate surface area is 208 Å². The summed E-state index contributed by atoms with van der Waals surface area (Å²) in [7, 11) is 0. The van der Waals surface area contributed by atoms with E-state index in [1.807, 2.05) is 6.92 Å². The highest BCUT2D eigenvalue weighted by Crippen LogP contribution is 2.47. The van der Waals surface area contributed by atoms with E-state index in [1.165, 1.54) is 17.0 Å². The fraction of sp³-hybridized carbons (Fsp3) is 0.160. The van der Waals surface area contributed by atoms with Crippen molar-refractivity contribution in [2.24, 2.45) is 0 Å². The number of nitro groups is 1. The molecule has 0 N–H and O–H groups in total. The van der Waals surface area contributed by atoms with Crippen LogP contribution in [0.25, 0.3) is 0 Å². The van der Waals surface area contributed by atoms with E-state index in [0.29, 0.717) is 27.8 Å². The lowest BCUT2D eigenvalue weighted by atomic mass is 9.86. The van der Waals surface area contributed by atoms with Crippen molar-refractivity contribution in [2.75, 3.05) is 11.7 Å². The maximum absolute atomic E-state index is 13.6. The molecule has 10 nitrogen and oxygen atoms in total. The highest BCUT2D eigenvalue weighted by atomic mass is 35.5. The largest absolute Gasteiger partial charge is 0.454 e. The van der Waals surface area contributed by atoms with Crippen molar-refractivity contribution in [3.63, 3.8) is 0 Å². The van der Waals surface area contributed by atoms with E-state index in [0.717, 1.165) is 16.5 Å². The van der Waals surface area contributed by atoms with Crippen LogP contribution in [0.15, 0.2) is 54.6 Å². The van der Waals surface area contributed by atoms with Gasteiger partial charge in [0.1, 0.15) is 11.6 Å². The summed E-state index contributed by atoms with van der Waals surface area (Å²) in [6, 6.07) is 12.1. The number of imide groups is 1. The summed E-state index contributed by atoms with van der Waals surface area (Å²) in [5, 5.41) is 12.0. The molecule has 3 aromatic rings. The highest BCUT2D eigenvalue weighted by Gasteiger charge is 2.58. The average Bonchev–Trinajstić information content (AvgIpc) is 3.42. The molecule has 0 unspecified atom stereocenters. The molecule has 11 heteroatoms. The molecule has 36 heavy (non-hydrogen) atoms. The van der Waals surface area contributed by atoms with Crippen LogP contribution in [0.2, 0.25) is 5.02 Å². The molecule has 6 rings (SSSR count). The van der Waals surface area contributed by atoms with Crippen molar-refractivity contribution in [1.29, 1.82) is 0 Å². The number of carbonyl (C=O) groups excluding carboxylic acids is 3. The van der Waals surface area contributed by atoms with Gasteiger partial charge in [0, 0.05) is 16.8 Å². The molecule has 3 aliphatic heterocycles. The Morgan fingerprint density at radius 3 is 2.47 bits per heavy atom. The highest BCUT2D eigenvalue weighted by molar-refractivity contribution is 6.32. The topological polar surface area (TPSA) is 119 Å². The van der Waals surface area contributed by atoms with Crippen LogP contribution in [0.4, 0.5) is 11.4 Å². The molecule has 3 amide bonds. The summed E-state index contributed by atoms with van der Waals surface area (Å²) in [6.45, 7) is 1.87. The summed E-state index contributed by atoms with van der Waals surface area (Å²) in [5.74, 6) is -1.17. The van der Waals surface area contributed by atoms with Gasteiger partial charge in [-0.2, -0.15) is 0 Å². The number of β-lactam (4-membered cyclic amide) rings is 1. The maximum Gasteiger partial charge on any atom is 0.282 e. The zero-order valence-corrected chi connectivity index (χ0v) is 19.4. The monoisotopic (exact) mass is 505 g/mol. The number of fused-ring (bicyclic) bond motifs is 2. The zero-order chi connectivity index (χ0) is 25.3. The Morgan fingerprint density at radius 1 is 0.944 bits per heavy atom. The Kier molecular flexibility index (Phi) is 4.77. The molecule has 1 fully saturated rings. The Bertz CT molecular complexity index is 1520. The van der Waals surface area contributed by atoms with E-state index < -0.39 is 40.4 Å². The lowest BCUT2D eigenvalue weighted by Crippen LogP contribution is -2.67. The molecule has 2 atom stereocenters. The predicted molar refractivity (Wildman–Crippen MR) is 126 cm³/mol. The first kappa shape index (κ1) is 22.1. The van der Waals surface area contributed by atoms with Gasteiger partial charge in [0.25, 0.3) is 23.4 Å². The van der Waals surface area contributed by atoms with E-state index in [1.54, 1.807) is 36.4 Å². The van der Waals surface area contributed by atoms with Crippen molar-refractivity contribution in [3.8, 4) is 11.5 Å². The van der Waals surface area contributed by atoms with Crippen LogP contribution < -0.4 is 14.4 Å². The molecule has 180 valence electrons. The normalized spacial score (nSPS) is 20.0. The molecular formula is C25H16ClN3O7. The van der Waals surface area contributed by atoms with Gasteiger partial charge in [0.05, 0.1) is 16.5 Å². The summed E-state index contributed by atoms with van der Waals surface area (Å²) >= 11 is 6.32. The number of rotatable bonds is 4. The standard InChI is InChI=1S/C25H16ClN3O7/c1-12-5-7-14(10-16(12)26)27-21(13-6-8-18-19(9-13)36-11-35-18)22(25(27)32)28-23(30)15-3-2-4-17(29(33)34)20(15)24(28)31/h2-10,21-22H,11H2,1H3/t21-,22+/m1/s1. The van der Waals surface area contributed by atoms with E-state index >= 15 is 0 Å². The third kappa shape index (κ3) is 3.01. The first-order valence-electron chi connectivity index (χ1n) is 10.9. The zero-order valence-electron chi connectivity index (χ0n) is 18.6. The number of carbonyl (C=O) groups is 3. The summed E-state index contributed by atoms with van der Waals surface area (Å²) in [4.78, 5) is 53.4. The number of benzene rings is 3. The second-order valence-electron chi connectivity index (χ2n) is 8.58. The Morgan fingerprint density at radius 2 is 1.72 bits per heavy atom. The van der Waals surface area contributed by atoms with E-state index in [-0.39, 0.29) is 17.9 Å². The fourth-order valence-corrected chi connectivity index (χ4v) is 5.04. The number of ether oxygens (including phenoxy) is 2. The van der Waals surface area contributed by atoms with Gasteiger partial charge in [-0.25, -0.2) is 0 Å². The van der Waals surface area contributed by atoms with Crippen LogP contribution in [-0.4, -0.2) is 40.4 Å². The van der Waals surface area contributed by atoms with Crippen LogP contribution in [0.1, 0.15) is 37.9 Å². The number of halogens is 1. The number of nitrogens with zero attached hydrogens (tertiary/aromatic N) is 3. The first-order valence-corrected chi connectivity index (χ1v) is 11.3. The maximum atomic E-state index is 13.6. The summed E-state index contributed by atoms with van der Waals surface area (Å²) < 4.78 is 10.9. The molecule has 1 saturated heterocycles. The molecule has 0 saturated carbocycles. The minimum Gasteiger partial charge on any atom is -0.454 e. The minimum absolute atomic E-state index is 0.0468. The van der Waals surface area contributed by atoms with Crippen molar-refractivity contribution < 1.29 is 28.8 Å². The summed E-state index contributed by atoms with van der Waals surface area (Å²) in [6.07, 6.45) is 0. The Hall–Kier alpha value is -4.44. The molecule has 0 spiro atoms. The second-order valence-corrected chi connectivity index (χ2v) is 8.99. The lowest BCUT2D eigenvalue weighted by molar-refractivity contribution is -0.385. The molecule has 0 bridgehead atoms. The van der Waals surface area contributed by atoms with Crippen molar-refractivity contribution >= 4 is 40.7 Å². The van der Waals surface area contributed by atoms with Crippen LogP contribution in [0.5, 0.6) is 11.5 Å². The SMILES string of the molecule is Cc1ccc(N2C(=O)[C@@H](N3C(=O)c4cccc([N+](=O)[O-])c4C3=O)[C@H]2c2ccc3c(c2)OCO3)cc1Cl. The average molecular weight is 506 g/mol. The quantitative estimate of drug-likeness (QED) is 0.227. The third-order valence-electron chi connectivity index (χ3n) is 6.64. The number of amides is 3. The summed E-state index contributed by atoms with van der Waals surface area (Å²) in [5.41, 5.74) is 0.979. The van der Waals surface area contributed by atoms with Gasteiger partial charge in [-0.05, 0) is 48.4 Å². The Balaban J connectivity index is 1.46.